The average Bonchev–Trinajstić information content (AvgIpc) is 2.88. The van der Waals surface area contributed by atoms with E-state index in [-0.39, 0.29) is 25.7 Å². The maximum atomic E-state index is 12.6. The van der Waals surface area contributed by atoms with Crippen LogP contribution >= 0.6 is 0 Å². The number of benzene rings is 1. The Morgan fingerprint density at radius 3 is 2.86 bits per heavy atom. The molecule has 2 aliphatic heterocycles. The van der Waals surface area contributed by atoms with Crippen LogP contribution in [0.15, 0.2) is 36.4 Å². The van der Waals surface area contributed by atoms with Gasteiger partial charge in [-0.15, -0.1) is 0 Å². The number of aryl methyl sites for hydroxylation is 2. The number of carbonyl (C=O) groups excluding carboxylic acids is 1. The SMILES string of the molecule is O=C(N[C@@H](CCOC1CC(CCc2ccc3c(n2)NCCC3)C1)C(=O)O)C1COc2ccccc2O1. The molecule has 0 radical (unpaired) electrons. The molecule has 3 aliphatic rings. The molecule has 1 aliphatic carbocycles. The number of amides is 1. The Labute approximate surface area is 210 Å². The summed E-state index contributed by atoms with van der Waals surface area (Å²) in [5.41, 5.74) is 2.44. The Kier molecular flexibility index (Phi) is 7.55. The summed E-state index contributed by atoms with van der Waals surface area (Å²) in [6.45, 7) is 1.30. The molecule has 0 bridgehead atoms. The summed E-state index contributed by atoms with van der Waals surface area (Å²) in [5, 5.41) is 15.5. The summed E-state index contributed by atoms with van der Waals surface area (Å²) in [5.74, 6) is 1.08. The van der Waals surface area contributed by atoms with E-state index in [4.69, 9.17) is 19.2 Å². The number of aromatic nitrogens is 1. The zero-order valence-electron chi connectivity index (χ0n) is 20.3. The molecule has 192 valence electrons. The van der Waals surface area contributed by atoms with E-state index in [1.165, 1.54) is 5.56 Å². The van der Waals surface area contributed by atoms with Gasteiger partial charge in [0.05, 0.1) is 6.10 Å². The zero-order valence-corrected chi connectivity index (χ0v) is 20.3. The van der Waals surface area contributed by atoms with Crippen molar-refractivity contribution in [3.05, 3.63) is 47.7 Å². The predicted molar refractivity (Wildman–Crippen MR) is 132 cm³/mol. The minimum absolute atomic E-state index is 0.0344. The number of hydrogen-bond donors (Lipinski definition) is 3. The molecule has 1 aromatic carbocycles. The first kappa shape index (κ1) is 24.4. The molecule has 9 nitrogen and oxygen atoms in total. The largest absolute Gasteiger partial charge is 0.485 e. The van der Waals surface area contributed by atoms with Crippen LogP contribution in [-0.2, 0) is 27.2 Å². The highest BCUT2D eigenvalue weighted by atomic mass is 16.6. The fourth-order valence-electron chi connectivity index (χ4n) is 4.93. The van der Waals surface area contributed by atoms with Crippen LogP contribution in [-0.4, -0.2) is 60.0 Å². The van der Waals surface area contributed by atoms with Crippen molar-refractivity contribution in [2.45, 2.75) is 63.2 Å². The number of fused-ring (bicyclic) bond motifs is 2. The van der Waals surface area contributed by atoms with Gasteiger partial charge in [-0.25, -0.2) is 9.78 Å². The van der Waals surface area contributed by atoms with Gasteiger partial charge < -0.3 is 30.0 Å². The summed E-state index contributed by atoms with van der Waals surface area (Å²) >= 11 is 0. The highest BCUT2D eigenvalue weighted by molar-refractivity contribution is 5.86. The van der Waals surface area contributed by atoms with Gasteiger partial charge in [0.1, 0.15) is 18.5 Å². The number of carboxylic acid groups (broad SMARTS) is 1. The zero-order chi connectivity index (χ0) is 24.9. The quantitative estimate of drug-likeness (QED) is 0.460. The number of aliphatic carboxylic acids is 1. The van der Waals surface area contributed by atoms with Crippen LogP contribution < -0.4 is 20.1 Å². The second-order valence-corrected chi connectivity index (χ2v) is 9.76. The highest BCUT2D eigenvalue weighted by Crippen LogP contribution is 2.34. The Balaban J connectivity index is 0.998. The predicted octanol–water partition coefficient (Wildman–Crippen LogP) is 2.97. The van der Waals surface area contributed by atoms with Gasteiger partial charge in [0.25, 0.3) is 5.91 Å². The lowest BCUT2D eigenvalue weighted by Crippen LogP contribution is -2.50. The molecule has 9 heteroatoms. The summed E-state index contributed by atoms with van der Waals surface area (Å²) in [6, 6.07) is 10.4. The van der Waals surface area contributed by atoms with E-state index >= 15 is 0 Å². The molecule has 3 heterocycles. The summed E-state index contributed by atoms with van der Waals surface area (Å²) in [7, 11) is 0. The van der Waals surface area contributed by atoms with Gasteiger partial charge in [0.15, 0.2) is 11.5 Å². The lowest BCUT2D eigenvalue weighted by atomic mass is 9.79. The van der Waals surface area contributed by atoms with Crippen LogP contribution in [0.4, 0.5) is 5.82 Å². The molecule has 1 amide bonds. The number of ether oxygens (including phenoxy) is 3. The normalized spacial score (nSPS) is 22.9. The van der Waals surface area contributed by atoms with Crippen LogP contribution in [0.25, 0.3) is 0 Å². The molecule has 3 N–H and O–H groups in total. The Morgan fingerprint density at radius 1 is 1.19 bits per heavy atom. The molecule has 0 saturated heterocycles. The van der Waals surface area contributed by atoms with Gasteiger partial charge in [0, 0.05) is 25.3 Å². The Bertz CT molecular complexity index is 1090. The van der Waals surface area contributed by atoms with Gasteiger partial charge in [-0.2, -0.15) is 0 Å². The first-order chi connectivity index (χ1) is 17.5. The number of rotatable bonds is 10. The van der Waals surface area contributed by atoms with Crippen molar-refractivity contribution < 1.29 is 28.9 Å². The van der Waals surface area contributed by atoms with Crippen molar-refractivity contribution in [3.63, 3.8) is 0 Å². The van der Waals surface area contributed by atoms with E-state index in [1.807, 2.05) is 6.07 Å². The minimum atomic E-state index is -1.09. The summed E-state index contributed by atoms with van der Waals surface area (Å²) in [6.07, 6.45) is 5.68. The first-order valence-electron chi connectivity index (χ1n) is 12.8. The van der Waals surface area contributed by atoms with E-state index in [0.29, 0.717) is 17.4 Å². The molecule has 1 fully saturated rings. The fourth-order valence-corrected chi connectivity index (χ4v) is 4.93. The van der Waals surface area contributed by atoms with E-state index in [2.05, 4.69) is 22.8 Å². The van der Waals surface area contributed by atoms with Gasteiger partial charge in [-0.3, -0.25) is 4.79 Å². The lowest BCUT2D eigenvalue weighted by Gasteiger charge is -2.35. The topological polar surface area (TPSA) is 119 Å². The smallest absolute Gasteiger partial charge is 0.326 e. The summed E-state index contributed by atoms with van der Waals surface area (Å²) in [4.78, 5) is 29.0. The fraction of sp³-hybridized carbons (Fsp3) is 0.519. The number of hydrogen-bond acceptors (Lipinski definition) is 7. The van der Waals surface area contributed by atoms with Crippen molar-refractivity contribution >= 4 is 17.7 Å². The first-order valence-corrected chi connectivity index (χ1v) is 12.8. The van der Waals surface area contributed by atoms with Gasteiger partial charge >= 0.3 is 5.97 Å². The molecule has 36 heavy (non-hydrogen) atoms. The van der Waals surface area contributed by atoms with Crippen molar-refractivity contribution in [3.8, 4) is 11.5 Å². The van der Waals surface area contributed by atoms with E-state index in [0.717, 1.165) is 56.6 Å². The molecular formula is C27H33N3O6. The molecule has 2 aromatic rings. The maximum absolute atomic E-state index is 12.6. The molecule has 1 saturated carbocycles. The number of para-hydroxylation sites is 2. The number of carboxylic acids is 1. The number of anilines is 1. The Morgan fingerprint density at radius 2 is 2.03 bits per heavy atom. The van der Waals surface area contributed by atoms with Gasteiger partial charge in [0.2, 0.25) is 6.10 Å². The summed E-state index contributed by atoms with van der Waals surface area (Å²) < 4.78 is 17.1. The van der Waals surface area contributed by atoms with E-state index < -0.39 is 24.0 Å². The maximum Gasteiger partial charge on any atom is 0.326 e. The standard InChI is InChI=1S/C27H33N3O6/c31-26(24-16-35-22-5-1-2-6-23(22)36-24)30-21(27(32)33)11-13-34-20-14-17(15-20)7-9-19-10-8-18-4-3-12-28-25(18)29-19/h1-2,5-6,8,10,17,20-21,24H,3-4,7,9,11-16H2,(H,28,29)(H,30,31)(H,32,33)/t17?,20?,21-,24?/m0/s1. The van der Waals surface area contributed by atoms with Crippen LogP contribution in [0, 0.1) is 5.92 Å². The number of nitrogens with zero attached hydrogens (tertiary/aromatic N) is 1. The second kappa shape index (κ2) is 11.2. The number of pyridine rings is 1. The van der Waals surface area contributed by atoms with Crippen LogP contribution in [0.2, 0.25) is 0 Å². The van der Waals surface area contributed by atoms with Crippen LogP contribution in [0.5, 0.6) is 11.5 Å². The minimum Gasteiger partial charge on any atom is -0.485 e. The van der Waals surface area contributed by atoms with Crippen molar-refractivity contribution in [2.24, 2.45) is 5.92 Å². The molecule has 0 spiro atoms. The molecular weight excluding hydrogens is 462 g/mol. The average molecular weight is 496 g/mol. The Hall–Kier alpha value is -3.33. The van der Waals surface area contributed by atoms with Gasteiger partial charge in [-0.1, -0.05) is 18.2 Å². The molecule has 5 rings (SSSR count). The number of nitrogens with one attached hydrogen (secondary N) is 2. The van der Waals surface area contributed by atoms with E-state index in [1.54, 1.807) is 18.2 Å². The second-order valence-electron chi connectivity index (χ2n) is 9.76. The molecule has 1 unspecified atom stereocenters. The lowest BCUT2D eigenvalue weighted by molar-refractivity contribution is -0.144. The third-order valence-corrected chi connectivity index (χ3v) is 7.13. The highest BCUT2D eigenvalue weighted by Gasteiger charge is 2.32. The monoisotopic (exact) mass is 495 g/mol. The van der Waals surface area contributed by atoms with Crippen molar-refractivity contribution in [1.29, 1.82) is 0 Å². The van der Waals surface area contributed by atoms with Gasteiger partial charge in [-0.05, 0) is 68.2 Å². The van der Waals surface area contributed by atoms with Crippen molar-refractivity contribution in [1.82, 2.24) is 10.3 Å². The van der Waals surface area contributed by atoms with E-state index in [9.17, 15) is 14.7 Å². The molecule has 2 atom stereocenters. The van der Waals surface area contributed by atoms with Crippen LogP contribution in [0.1, 0.15) is 43.4 Å². The molecule has 1 aromatic heterocycles. The van der Waals surface area contributed by atoms with Crippen molar-refractivity contribution in [2.75, 3.05) is 25.1 Å². The third kappa shape index (κ3) is 5.90. The number of carbonyl (C=O) groups is 2. The third-order valence-electron chi connectivity index (χ3n) is 7.13. The van der Waals surface area contributed by atoms with Crippen LogP contribution in [0.3, 0.4) is 0 Å².